The molecule has 0 aliphatic heterocycles. The van der Waals surface area contributed by atoms with Gasteiger partial charge in [-0.15, -0.1) is 12.4 Å². The van der Waals surface area contributed by atoms with Gasteiger partial charge in [0.05, 0.1) is 33.2 Å². The summed E-state index contributed by atoms with van der Waals surface area (Å²) >= 11 is 0. The van der Waals surface area contributed by atoms with Crippen LogP contribution in [0, 0.1) is 0 Å². The van der Waals surface area contributed by atoms with Gasteiger partial charge in [0.1, 0.15) is 0 Å². The maximum atomic E-state index is 3.56. The molecule has 0 aliphatic rings. The van der Waals surface area contributed by atoms with E-state index in [4.69, 9.17) is 0 Å². The average molecular weight is 345 g/mol. The standard InChI is InChI=1S/C20H26N3.ClH/c1-23(2,3)15-9-14-21-22-16-19(17-10-5-4-6-11-17)18-12-7-8-13-20(18)22;/h4-8,10-13,16,21H,9,14-15H2,1-3H3;1H/q+1;. The lowest BCUT2D eigenvalue weighted by molar-refractivity contribution is -0.870. The molecule has 3 nitrogen and oxygen atoms in total. The Hall–Kier alpha value is -1.97. The van der Waals surface area contributed by atoms with Crippen LogP contribution in [-0.4, -0.2) is 43.4 Å². The summed E-state index contributed by atoms with van der Waals surface area (Å²) in [6.07, 6.45) is 3.36. The molecule has 4 heteroatoms. The van der Waals surface area contributed by atoms with Crippen LogP contribution in [0.4, 0.5) is 0 Å². The third-order valence-electron chi connectivity index (χ3n) is 4.08. The van der Waals surface area contributed by atoms with Crippen molar-refractivity contribution in [1.82, 2.24) is 4.68 Å². The molecule has 1 N–H and O–H groups in total. The summed E-state index contributed by atoms with van der Waals surface area (Å²) in [6.45, 7) is 2.14. The molecule has 0 spiro atoms. The lowest BCUT2D eigenvalue weighted by Gasteiger charge is -2.23. The van der Waals surface area contributed by atoms with E-state index in [0.29, 0.717) is 0 Å². The number of nitrogens with one attached hydrogen (secondary N) is 1. The molecule has 0 unspecified atom stereocenters. The summed E-state index contributed by atoms with van der Waals surface area (Å²) in [6, 6.07) is 19.2. The van der Waals surface area contributed by atoms with Crippen LogP contribution >= 0.6 is 12.4 Å². The van der Waals surface area contributed by atoms with Crippen molar-refractivity contribution < 1.29 is 4.48 Å². The SMILES string of the molecule is C[N+](C)(C)CCCNn1cc(-c2ccccc2)c2ccccc21.Cl. The second kappa shape index (κ2) is 7.73. The third kappa shape index (κ3) is 4.31. The highest BCUT2D eigenvalue weighted by Gasteiger charge is 2.10. The minimum atomic E-state index is 0. The van der Waals surface area contributed by atoms with Gasteiger partial charge in [-0.25, -0.2) is 0 Å². The number of benzene rings is 2. The lowest BCUT2D eigenvalue weighted by Crippen LogP contribution is -2.36. The molecule has 0 radical (unpaired) electrons. The molecular formula is C20H27ClN3+. The topological polar surface area (TPSA) is 17.0 Å². The Bertz CT molecular complexity index is 772. The molecule has 3 rings (SSSR count). The first-order valence-electron chi connectivity index (χ1n) is 8.24. The van der Waals surface area contributed by atoms with E-state index in [1.165, 1.54) is 22.0 Å². The Balaban J connectivity index is 0.00000208. The summed E-state index contributed by atoms with van der Waals surface area (Å²) in [5.74, 6) is 0. The van der Waals surface area contributed by atoms with Crippen LogP contribution in [-0.2, 0) is 0 Å². The van der Waals surface area contributed by atoms with Crippen LogP contribution in [0.5, 0.6) is 0 Å². The van der Waals surface area contributed by atoms with Crippen molar-refractivity contribution >= 4 is 23.3 Å². The highest BCUT2D eigenvalue weighted by atomic mass is 35.5. The molecule has 0 saturated carbocycles. The fraction of sp³-hybridized carbons (Fsp3) is 0.300. The van der Waals surface area contributed by atoms with Crippen molar-refractivity contribution in [3.63, 3.8) is 0 Å². The van der Waals surface area contributed by atoms with Gasteiger partial charge in [-0.1, -0.05) is 48.5 Å². The van der Waals surface area contributed by atoms with Gasteiger partial charge in [0.2, 0.25) is 0 Å². The smallest absolute Gasteiger partial charge is 0.0798 e. The van der Waals surface area contributed by atoms with Crippen molar-refractivity contribution in [3.8, 4) is 11.1 Å². The van der Waals surface area contributed by atoms with Crippen molar-refractivity contribution in [2.75, 3.05) is 39.7 Å². The maximum Gasteiger partial charge on any atom is 0.0798 e. The first-order chi connectivity index (χ1) is 11.0. The van der Waals surface area contributed by atoms with Crippen LogP contribution in [0.15, 0.2) is 60.8 Å². The van der Waals surface area contributed by atoms with Crippen LogP contribution in [0.3, 0.4) is 0 Å². The zero-order chi connectivity index (χ0) is 16.3. The van der Waals surface area contributed by atoms with E-state index in [1.54, 1.807) is 0 Å². The van der Waals surface area contributed by atoms with Crippen LogP contribution in [0.2, 0.25) is 0 Å². The van der Waals surface area contributed by atoms with E-state index in [-0.39, 0.29) is 12.4 Å². The van der Waals surface area contributed by atoms with Gasteiger partial charge in [0, 0.05) is 30.1 Å². The Morgan fingerprint density at radius 2 is 1.58 bits per heavy atom. The summed E-state index contributed by atoms with van der Waals surface area (Å²) in [4.78, 5) is 0. The van der Waals surface area contributed by atoms with Crippen LogP contribution < -0.4 is 5.43 Å². The lowest BCUT2D eigenvalue weighted by atomic mass is 10.1. The molecule has 0 atom stereocenters. The second-order valence-corrected chi connectivity index (χ2v) is 7.07. The van der Waals surface area contributed by atoms with Gasteiger partial charge in [-0.2, -0.15) is 0 Å². The monoisotopic (exact) mass is 344 g/mol. The first kappa shape index (κ1) is 18.4. The van der Waals surface area contributed by atoms with Gasteiger partial charge in [0.25, 0.3) is 0 Å². The van der Waals surface area contributed by atoms with Crippen LogP contribution in [0.1, 0.15) is 6.42 Å². The van der Waals surface area contributed by atoms with Gasteiger partial charge in [-0.3, -0.25) is 4.68 Å². The normalized spacial score (nSPS) is 11.3. The molecule has 0 aliphatic carbocycles. The van der Waals surface area contributed by atoms with Crippen LogP contribution in [0.25, 0.3) is 22.0 Å². The molecule has 1 heterocycles. The Morgan fingerprint density at radius 3 is 2.29 bits per heavy atom. The molecule has 0 saturated heterocycles. The predicted octanol–water partition coefficient (Wildman–Crippen LogP) is 4.37. The number of para-hydroxylation sites is 1. The second-order valence-electron chi connectivity index (χ2n) is 7.07. The minimum Gasteiger partial charge on any atom is -0.331 e. The predicted molar refractivity (Wildman–Crippen MR) is 106 cm³/mol. The molecular weight excluding hydrogens is 318 g/mol. The fourth-order valence-electron chi connectivity index (χ4n) is 2.91. The molecule has 128 valence electrons. The number of halogens is 1. The van der Waals surface area contributed by atoms with Gasteiger partial charge in [-0.05, 0) is 11.6 Å². The Morgan fingerprint density at radius 1 is 0.917 bits per heavy atom. The Labute approximate surface area is 150 Å². The summed E-state index contributed by atoms with van der Waals surface area (Å²) in [5.41, 5.74) is 7.33. The zero-order valence-electron chi connectivity index (χ0n) is 14.7. The molecule has 3 aromatic rings. The summed E-state index contributed by atoms with van der Waals surface area (Å²) in [7, 11) is 6.70. The van der Waals surface area contributed by atoms with Gasteiger partial charge < -0.3 is 9.91 Å². The van der Waals surface area contributed by atoms with E-state index < -0.39 is 0 Å². The molecule has 0 fully saturated rings. The zero-order valence-corrected chi connectivity index (χ0v) is 15.5. The number of hydrogen-bond donors (Lipinski definition) is 1. The number of quaternary nitrogens is 1. The number of rotatable bonds is 6. The van der Waals surface area contributed by atoms with Crippen molar-refractivity contribution in [2.45, 2.75) is 6.42 Å². The van der Waals surface area contributed by atoms with E-state index in [9.17, 15) is 0 Å². The molecule has 0 amide bonds. The van der Waals surface area contributed by atoms with E-state index in [0.717, 1.165) is 24.0 Å². The van der Waals surface area contributed by atoms with Crippen molar-refractivity contribution in [1.29, 1.82) is 0 Å². The van der Waals surface area contributed by atoms with E-state index in [2.05, 4.69) is 92.0 Å². The number of fused-ring (bicyclic) bond motifs is 1. The molecule has 24 heavy (non-hydrogen) atoms. The number of aromatic nitrogens is 1. The number of hydrogen-bond acceptors (Lipinski definition) is 1. The molecule has 2 aromatic carbocycles. The van der Waals surface area contributed by atoms with Crippen molar-refractivity contribution in [3.05, 3.63) is 60.8 Å². The highest BCUT2D eigenvalue weighted by Crippen LogP contribution is 2.29. The quantitative estimate of drug-likeness (QED) is 0.519. The van der Waals surface area contributed by atoms with E-state index >= 15 is 0 Å². The minimum absolute atomic E-state index is 0. The molecule has 1 aromatic heterocycles. The van der Waals surface area contributed by atoms with Crippen molar-refractivity contribution in [2.24, 2.45) is 0 Å². The van der Waals surface area contributed by atoms with E-state index in [1.807, 2.05) is 0 Å². The highest BCUT2D eigenvalue weighted by molar-refractivity contribution is 5.96. The van der Waals surface area contributed by atoms with Gasteiger partial charge >= 0.3 is 0 Å². The third-order valence-corrected chi connectivity index (χ3v) is 4.08. The summed E-state index contributed by atoms with van der Waals surface area (Å²) in [5, 5.41) is 1.29. The largest absolute Gasteiger partial charge is 0.331 e. The Kier molecular flexibility index (Phi) is 5.92. The van der Waals surface area contributed by atoms with Gasteiger partial charge in [0.15, 0.2) is 0 Å². The fourth-order valence-corrected chi connectivity index (χ4v) is 2.91. The number of nitrogens with zero attached hydrogens (tertiary/aromatic N) is 2. The summed E-state index contributed by atoms with van der Waals surface area (Å²) < 4.78 is 3.18. The molecule has 0 bridgehead atoms. The maximum absolute atomic E-state index is 3.56. The average Bonchev–Trinajstić information content (AvgIpc) is 2.91. The first-order valence-corrected chi connectivity index (χ1v) is 8.24.